The summed E-state index contributed by atoms with van der Waals surface area (Å²) < 4.78 is 36.8. The summed E-state index contributed by atoms with van der Waals surface area (Å²) in [6.45, 7) is 0.354. The topological polar surface area (TPSA) is 104 Å². The van der Waals surface area contributed by atoms with Crippen LogP contribution < -0.4 is 5.73 Å². The third-order valence-corrected chi connectivity index (χ3v) is 3.70. The first-order valence-electron chi connectivity index (χ1n) is 5.86. The fourth-order valence-corrected chi connectivity index (χ4v) is 2.37. The maximum atomic E-state index is 13.1. The standard InChI is InChI=1S/C11H14FN5O2S/c1-20(18,19)6-2-5-17-11(14-15-16-17)8-3-4-9(12)10(13)7-8/h3-4,7H,2,5-6,13H2,1H3. The summed E-state index contributed by atoms with van der Waals surface area (Å²) >= 11 is 0. The van der Waals surface area contributed by atoms with E-state index in [2.05, 4.69) is 15.5 Å². The van der Waals surface area contributed by atoms with Crippen LogP contribution in [0.25, 0.3) is 11.4 Å². The average Bonchev–Trinajstić information content (AvgIpc) is 2.79. The first-order chi connectivity index (χ1) is 9.37. The van der Waals surface area contributed by atoms with Crippen molar-refractivity contribution in [3.8, 4) is 11.4 Å². The van der Waals surface area contributed by atoms with Gasteiger partial charge in [0.05, 0.1) is 11.4 Å². The maximum Gasteiger partial charge on any atom is 0.182 e. The highest BCUT2D eigenvalue weighted by Gasteiger charge is 2.11. The fourth-order valence-electron chi connectivity index (χ4n) is 1.72. The Kier molecular flexibility index (Phi) is 3.98. The Morgan fingerprint density at radius 1 is 1.40 bits per heavy atom. The van der Waals surface area contributed by atoms with Crippen molar-refractivity contribution >= 4 is 15.5 Å². The van der Waals surface area contributed by atoms with Gasteiger partial charge in [-0.2, -0.15) is 0 Å². The molecule has 1 aromatic heterocycles. The number of hydrogen-bond acceptors (Lipinski definition) is 6. The van der Waals surface area contributed by atoms with Crippen molar-refractivity contribution in [1.29, 1.82) is 0 Å². The minimum absolute atomic E-state index is 0.00758. The molecule has 2 rings (SSSR count). The second-order valence-electron chi connectivity index (χ2n) is 4.45. The number of tetrazole rings is 1. The van der Waals surface area contributed by atoms with Crippen molar-refractivity contribution in [1.82, 2.24) is 20.2 Å². The van der Waals surface area contributed by atoms with Gasteiger partial charge in [-0.25, -0.2) is 17.5 Å². The summed E-state index contributed by atoms with van der Waals surface area (Å²) in [7, 11) is -3.02. The van der Waals surface area contributed by atoms with Gasteiger partial charge < -0.3 is 5.73 Å². The molecule has 0 aliphatic heterocycles. The second-order valence-corrected chi connectivity index (χ2v) is 6.71. The van der Waals surface area contributed by atoms with Crippen molar-refractivity contribution < 1.29 is 12.8 Å². The number of sulfone groups is 1. The lowest BCUT2D eigenvalue weighted by molar-refractivity contribution is 0.567. The maximum absolute atomic E-state index is 13.1. The predicted molar refractivity (Wildman–Crippen MR) is 72.0 cm³/mol. The Morgan fingerprint density at radius 2 is 2.15 bits per heavy atom. The molecule has 0 fully saturated rings. The first-order valence-corrected chi connectivity index (χ1v) is 7.92. The molecule has 0 saturated carbocycles. The number of nitrogens with zero attached hydrogens (tertiary/aromatic N) is 4. The number of aryl methyl sites for hydroxylation is 1. The number of rotatable bonds is 5. The van der Waals surface area contributed by atoms with E-state index in [1.165, 1.54) is 29.1 Å². The lowest BCUT2D eigenvalue weighted by Crippen LogP contribution is -2.09. The van der Waals surface area contributed by atoms with Crippen LogP contribution in [0.4, 0.5) is 10.1 Å². The first kappa shape index (κ1) is 14.4. The summed E-state index contributed by atoms with van der Waals surface area (Å²) in [6.07, 6.45) is 1.57. The Balaban J connectivity index is 2.17. The van der Waals surface area contributed by atoms with E-state index in [1.807, 2.05) is 0 Å². The van der Waals surface area contributed by atoms with Crippen LogP contribution in [0.2, 0.25) is 0 Å². The monoisotopic (exact) mass is 299 g/mol. The van der Waals surface area contributed by atoms with Gasteiger partial charge in [-0.15, -0.1) is 5.10 Å². The molecule has 0 aliphatic rings. The van der Waals surface area contributed by atoms with Crippen LogP contribution in [0.5, 0.6) is 0 Å². The summed E-state index contributed by atoms with van der Waals surface area (Å²) in [5, 5.41) is 11.2. The third kappa shape index (κ3) is 3.50. The van der Waals surface area contributed by atoms with E-state index in [9.17, 15) is 12.8 Å². The molecule has 2 aromatic rings. The summed E-state index contributed by atoms with van der Waals surface area (Å²) in [4.78, 5) is 0. The number of aromatic nitrogens is 4. The zero-order valence-corrected chi connectivity index (χ0v) is 11.6. The van der Waals surface area contributed by atoms with Crippen molar-refractivity contribution in [3.05, 3.63) is 24.0 Å². The Labute approximate surface area is 115 Å². The number of hydrogen-bond donors (Lipinski definition) is 1. The van der Waals surface area contributed by atoms with Crippen LogP contribution in [0.1, 0.15) is 6.42 Å². The largest absolute Gasteiger partial charge is 0.396 e. The van der Waals surface area contributed by atoms with Crippen molar-refractivity contribution in [2.24, 2.45) is 0 Å². The molecule has 1 heterocycles. The van der Waals surface area contributed by atoms with Crippen LogP contribution >= 0.6 is 0 Å². The van der Waals surface area contributed by atoms with Gasteiger partial charge in [0.25, 0.3) is 0 Å². The molecule has 0 radical (unpaired) electrons. The highest BCUT2D eigenvalue weighted by Crippen LogP contribution is 2.21. The van der Waals surface area contributed by atoms with E-state index in [4.69, 9.17) is 5.73 Å². The van der Waals surface area contributed by atoms with Gasteiger partial charge in [0.15, 0.2) is 5.82 Å². The highest BCUT2D eigenvalue weighted by molar-refractivity contribution is 7.90. The molecule has 0 atom stereocenters. The molecule has 1 aromatic carbocycles. The minimum atomic E-state index is -3.02. The van der Waals surface area contributed by atoms with Gasteiger partial charge in [0.1, 0.15) is 15.7 Å². The molecule has 0 saturated heterocycles. The van der Waals surface area contributed by atoms with E-state index in [0.717, 1.165) is 0 Å². The van der Waals surface area contributed by atoms with E-state index in [-0.39, 0.29) is 11.4 Å². The van der Waals surface area contributed by atoms with Crippen molar-refractivity contribution in [2.45, 2.75) is 13.0 Å². The average molecular weight is 299 g/mol. The van der Waals surface area contributed by atoms with Gasteiger partial charge in [0, 0.05) is 18.4 Å². The summed E-state index contributed by atoms with van der Waals surface area (Å²) in [6, 6.07) is 4.19. The van der Waals surface area contributed by atoms with E-state index in [1.54, 1.807) is 0 Å². The van der Waals surface area contributed by atoms with Crippen LogP contribution in [0, 0.1) is 5.82 Å². The quantitative estimate of drug-likeness (QED) is 0.806. The number of benzene rings is 1. The predicted octanol–water partition coefficient (Wildman–Crippen LogP) is 0.496. The van der Waals surface area contributed by atoms with Crippen LogP contribution in [-0.2, 0) is 16.4 Å². The molecule has 0 amide bonds. The number of nitrogen functional groups attached to an aromatic ring is 1. The molecule has 7 nitrogen and oxygen atoms in total. The number of anilines is 1. The minimum Gasteiger partial charge on any atom is -0.396 e. The van der Waals surface area contributed by atoms with Crippen LogP contribution in [-0.4, -0.2) is 40.6 Å². The lowest BCUT2D eigenvalue weighted by Gasteiger charge is -2.05. The molecule has 20 heavy (non-hydrogen) atoms. The Bertz CT molecular complexity index is 713. The van der Waals surface area contributed by atoms with E-state index < -0.39 is 15.7 Å². The summed E-state index contributed by atoms with van der Waals surface area (Å²) in [5.74, 6) is -0.0345. The third-order valence-electron chi connectivity index (χ3n) is 2.67. The molecule has 9 heteroatoms. The van der Waals surface area contributed by atoms with Crippen molar-refractivity contribution in [3.63, 3.8) is 0 Å². The van der Waals surface area contributed by atoms with E-state index in [0.29, 0.717) is 24.4 Å². The normalized spacial score (nSPS) is 11.7. The molecule has 0 bridgehead atoms. The van der Waals surface area contributed by atoms with Crippen LogP contribution in [0.15, 0.2) is 18.2 Å². The van der Waals surface area contributed by atoms with Gasteiger partial charge in [-0.05, 0) is 35.0 Å². The summed E-state index contributed by atoms with van der Waals surface area (Å²) in [5.41, 5.74) is 6.09. The molecule has 0 aliphatic carbocycles. The smallest absolute Gasteiger partial charge is 0.182 e. The zero-order valence-electron chi connectivity index (χ0n) is 10.8. The molecule has 0 unspecified atom stereocenters. The number of nitrogens with two attached hydrogens (primary N) is 1. The molecule has 2 N–H and O–H groups in total. The fraction of sp³-hybridized carbons (Fsp3) is 0.364. The Morgan fingerprint density at radius 3 is 2.80 bits per heavy atom. The number of halogens is 1. The highest BCUT2D eigenvalue weighted by atomic mass is 32.2. The van der Waals surface area contributed by atoms with Gasteiger partial charge in [0.2, 0.25) is 0 Å². The lowest BCUT2D eigenvalue weighted by atomic mass is 10.2. The molecule has 108 valence electrons. The van der Waals surface area contributed by atoms with Gasteiger partial charge in [-0.1, -0.05) is 0 Å². The zero-order chi connectivity index (χ0) is 14.8. The second kappa shape index (κ2) is 5.53. The van der Waals surface area contributed by atoms with Gasteiger partial charge >= 0.3 is 0 Å². The van der Waals surface area contributed by atoms with Crippen molar-refractivity contribution in [2.75, 3.05) is 17.7 Å². The molecule has 0 spiro atoms. The van der Waals surface area contributed by atoms with Gasteiger partial charge in [-0.3, -0.25) is 0 Å². The SMILES string of the molecule is CS(=O)(=O)CCCn1nnnc1-c1ccc(F)c(N)c1. The molecular formula is C11H14FN5O2S. The Hall–Kier alpha value is -2.03. The molecular weight excluding hydrogens is 285 g/mol. The van der Waals surface area contributed by atoms with Crippen LogP contribution in [0.3, 0.4) is 0 Å². The van der Waals surface area contributed by atoms with E-state index >= 15 is 0 Å².